The van der Waals surface area contributed by atoms with Crippen molar-refractivity contribution in [1.82, 2.24) is 25.3 Å². The van der Waals surface area contributed by atoms with Gasteiger partial charge in [0, 0.05) is 45.0 Å². The zero-order chi connectivity index (χ0) is 39.7. The average molecular weight is 760 g/mol. The first-order valence-electron chi connectivity index (χ1n) is 20.2. The van der Waals surface area contributed by atoms with E-state index in [1.165, 1.54) is 5.56 Å². The largest absolute Gasteiger partial charge is 0.379 e. The van der Waals surface area contributed by atoms with E-state index in [0.717, 1.165) is 50.7 Å². The highest BCUT2D eigenvalue weighted by Gasteiger charge is 2.41. The number of methoxy groups -OCH3 is 1. The van der Waals surface area contributed by atoms with Crippen molar-refractivity contribution in [2.24, 2.45) is 17.8 Å². The van der Waals surface area contributed by atoms with Crippen LogP contribution in [0.15, 0.2) is 30.3 Å². The van der Waals surface area contributed by atoms with E-state index in [9.17, 15) is 19.2 Å². The Bertz CT molecular complexity index is 1240. The Balaban J connectivity index is 2.25. The molecule has 2 N–H and O–H groups in total. The summed E-state index contributed by atoms with van der Waals surface area (Å²) in [5.74, 6) is 0.584. The van der Waals surface area contributed by atoms with Crippen LogP contribution < -0.4 is 10.6 Å². The lowest BCUT2D eigenvalue weighted by molar-refractivity contribution is -0.146. The summed E-state index contributed by atoms with van der Waals surface area (Å²) in [6.07, 6.45) is 6.63. The SMILES string of the molecule is CCCCCSC(CC(=O)NCCc1ccccc1)C1CCCN1C(=O)CC(OC)C(C(C)CC)N(C)C(=O)C(NC(=O)C(C(C)C)N(C)C)C(C)C. The Labute approximate surface area is 326 Å². The van der Waals surface area contributed by atoms with Crippen LogP contribution in [0.25, 0.3) is 0 Å². The van der Waals surface area contributed by atoms with Crippen LogP contribution in [0.5, 0.6) is 0 Å². The summed E-state index contributed by atoms with van der Waals surface area (Å²) < 4.78 is 6.09. The molecule has 7 unspecified atom stereocenters. The molecule has 11 heteroatoms. The molecular weight excluding hydrogens is 687 g/mol. The maximum atomic E-state index is 14.3. The number of nitrogens with one attached hydrogen (secondary N) is 2. The van der Waals surface area contributed by atoms with E-state index in [-0.39, 0.29) is 71.2 Å². The second kappa shape index (κ2) is 24.0. The number of hydrogen-bond acceptors (Lipinski definition) is 7. The molecule has 0 saturated carbocycles. The van der Waals surface area contributed by atoms with Gasteiger partial charge in [0.25, 0.3) is 0 Å². The van der Waals surface area contributed by atoms with Crippen LogP contribution in [0.2, 0.25) is 0 Å². The van der Waals surface area contributed by atoms with Gasteiger partial charge in [-0.3, -0.25) is 24.1 Å². The number of amides is 4. The zero-order valence-electron chi connectivity index (χ0n) is 34.9. The van der Waals surface area contributed by atoms with Crippen LogP contribution in [0.3, 0.4) is 0 Å². The molecule has 1 aliphatic rings. The molecule has 0 spiro atoms. The normalized spacial score (nSPS) is 18.1. The van der Waals surface area contributed by atoms with Gasteiger partial charge in [-0.15, -0.1) is 0 Å². The number of benzene rings is 1. The molecule has 0 radical (unpaired) electrons. The number of ether oxygens (including phenoxy) is 1. The summed E-state index contributed by atoms with van der Waals surface area (Å²) in [4.78, 5) is 60.9. The van der Waals surface area contributed by atoms with Crippen LogP contribution in [0.4, 0.5) is 0 Å². The quantitative estimate of drug-likeness (QED) is 0.124. The maximum Gasteiger partial charge on any atom is 0.245 e. The van der Waals surface area contributed by atoms with Crippen molar-refractivity contribution in [3.63, 3.8) is 0 Å². The fourth-order valence-electron chi connectivity index (χ4n) is 7.75. The molecule has 2 rings (SSSR count). The third kappa shape index (κ3) is 14.5. The first-order valence-corrected chi connectivity index (χ1v) is 21.2. The highest BCUT2D eigenvalue weighted by atomic mass is 32.2. The first kappa shape index (κ1) is 46.5. The topological polar surface area (TPSA) is 111 Å². The van der Waals surface area contributed by atoms with Gasteiger partial charge in [-0.2, -0.15) is 11.8 Å². The van der Waals surface area contributed by atoms with Crippen molar-refractivity contribution in [1.29, 1.82) is 0 Å². The fourth-order valence-corrected chi connectivity index (χ4v) is 9.20. The number of likely N-dealkylation sites (N-methyl/N-ethyl adjacent to an activating group) is 2. The number of likely N-dealkylation sites (tertiary alicyclic amines) is 1. The number of unbranched alkanes of at least 4 members (excludes halogenated alkanes) is 2. The van der Waals surface area contributed by atoms with E-state index in [1.807, 2.05) is 81.6 Å². The summed E-state index contributed by atoms with van der Waals surface area (Å²) in [5.41, 5.74) is 1.19. The molecule has 7 atom stereocenters. The smallest absolute Gasteiger partial charge is 0.245 e. The third-order valence-corrected chi connectivity index (χ3v) is 12.3. The van der Waals surface area contributed by atoms with E-state index < -0.39 is 12.1 Å². The van der Waals surface area contributed by atoms with Gasteiger partial charge in [0.05, 0.1) is 24.6 Å². The molecule has 1 aliphatic heterocycles. The molecule has 4 amide bonds. The second-order valence-electron chi connectivity index (χ2n) is 15.9. The highest BCUT2D eigenvalue weighted by molar-refractivity contribution is 8.00. The molecule has 1 fully saturated rings. The average Bonchev–Trinajstić information content (AvgIpc) is 3.61. The highest BCUT2D eigenvalue weighted by Crippen LogP contribution is 2.32. The van der Waals surface area contributed by atoms with Crippen LogP contribution in [-0.2, 0) is 30.3 Å². The summed E-state index contributed by atoms with van der Waals surface area (Å²) in [6, 6.07) is 8.64. The van der Waals surface area contributed by atoms with Crippen LogP contribution in [0, 0.1) is 17.8 Å². The lowest BCUT2D eigenvalue weighted by Gasteiger charge is -2.41. The number of carbonyl (C=O) groups is 4. The van der Waals surface area contributed by atoms with Gasteiger partial charge in [0.2, 0.25) is 23.6 Å². The molecule has 302 valence electrons. The van der Waals surface area contributed by atoms with Gasteiger partial charge in [-0.05, 0) is 68.8 Å². The third-order valence-electron chi connectivity index (χ3n) is 10.9. The molecule has 10 nitrogen and oxygen atoms in total. The number of thioether (sulfide) groups is 1. The summed E-state index contributed by atoms with van der Waals surface area (Å²) in [5, 5.41) is 6.20. The molecule has 1 aromatic rings. The zero-order valence-corrected chi connectivity index (χ0v) is 35.7. The molecular formula is C42H73N5O5S. The van der Waals surface area contributed by atoms with Crippen molar-refractivity contribution < 1.29 is 23.9 Å². The Hall–Kier alpha value is -2.63. The van der Waals surface area contributed by atoms with Gasteiger partial charge >= 0.3 is 0 Å². The van der Waals surface area contributed by atoms with Crippen molar-refractivity contribution in [3.05, 3.63) is 35.9 Å². The number of nitrogens with zero attached hydrogens (tertiary/aromatic N) is 3. The van der Waals surface area contributed by atoms with Crippen molar-refractivity contribution in [2.45, 2.75) is 142 Å². The predicted octanol–water partition coefficient (Wildman–Crippen LogP) is 6.02. The minimum atomic E-state index is -0.722. The second-order valence-corrected chi connectivity index (χ2v) is 17.2. The number of hydrogen-bond donors (Lipinski definition) is 2. The molecule has 1 heterocycles. The molecule has 0 aromatic heterocycles. The van der Waals surface area contributed by atoms with E-state index in [0.29, 0.717) is 19.5 Å². The Morgan fingerprint density at radius 2 is 1.64 bits per heavy atom. The summed E-state index contributed by atoms with van der Waals surface area (Å²) in [6.45, 7) is 15.5. The summed E-state index contributed by atoms with van der Waals surface area (Å²) >= 11 is 1.83. The van der Waals surface area contributed by atoms with E-state index in [4.69, 9.17) is 4.74 Å². The predicted molar refractivity (Wildman–Crippen MR) is 219 cm³/mol. The molecule has 1 saturated heterocycles. The standard InChI is InChI=1S/C42H73N5O5S/c1-12-14-18-26-53-35(28-36(48)43-24-23-32-20-16-15-17-21-32)33-22-19-25-47(33)37(49)27-34(52-11)40(31(7)13-2)46(10)42(51)38(29(3)4)44-41(50)39(30(5)6)45(8)9/h15-17,20-21,29-31,33-35,38-40H,12-14,18-19,22-28H2,1-11H3,(H,43,48)(H,44,50). The molecule has 53 heavy (non-hydrogen) atoms. The van der Waals surface area contributed by atoms with Crippen LogP contribution in [0.1, 0.15) is 105 Å². The minimum absolute atomic E-state index is 0.00196. The van der Waals surface area contributed by atoms with E-state index in [2.05, 4.69) is 43.5 Å². The van der Waals surface area contributed by atoms with Gasteiger partial charge < -0.3 is 25.2 Å². The lowest BCUT2D eigenvalue weighted by Crippen LogP contribution is -2.59. The van der Waals surface area contributed by atoms with Crippen molar-refractivity contribution >= 4 is 35.4 Å². The fraction of sp³-hybridized carbons (Fsp3) is 0.762. The van der Waals surface area contributed by atoms with Gasteiger partial charge in [0.15, 0.2) is 0 Å². The van der Waals surface area contributed by atoms with Crippen LogP contribution >= 0.6 is 11.8 Å². The van der Waals surface area contributed by atoms with Crippen molar-refractivity contribution in [2.75, 3.05) is 47.1 Å². The summed E-state index contributed by atoms with van der Waals surface area (Å²) in [7, 11) is 7.15. The van der Waals surface area contributed by atoms with E-state index >= 15 is 0 Å². The maximum absolute atomic E-state index is 14.3. The number of carbonyl (C=O) groups excluding carboxylic acids is 4. The molecule has 0 aliphatic carbocycles. The first-order chi connectivity index (χ1) is 25.2. The Kier molecular flexibility index (Phi) is 21.1. The Morgan fingerprint density at radius 1 is 0.962 bits per heavy atom. The van der Waals surface area contributed by atoms with Gasteiger partial charge in [-0.25, -0.2) is 0 Å². The van der Waals surface area contributed by atoms with E-state index in [1.54, 1.807) is 19.1 Å². The monoisotopic (exact) mass is 760 g/mol. The van der Waals surface area contributed by atoms with Gasteiger partial charge in [0.1, 0.15) is 6.04 Å². The minimum Gasteiger partial charge on any atom is -0.379 e. The lowest BCUT2D eigenvalue weighted by atomic mass is 9.89. The number of rotatable bonds is 24. The van der Waals surface area contributed by atoms with Crippen LogP contribution in [-0.4, -0.2) is 121 Å². The molecule has 1 aromatic carbocycles. The van der Waals surface area contributed by atoms with Crippen molar-refractivity contribution in [3.8, 4) is 0 Å². The van der Waals surface area contributed by atoms with Gasteiger partial charge in [-0.1, -0.05) is 98.1 Å². The molecule has 0 bridgehead atoms. The Morgan fingerprint density at radius 3 is 2.21 bits per heavy atom.